The van der Waals surface area contributed by atoms with Crippen LogP contribution in [0.3, 0.4) is 0 Å². The topological polar surface area (TPSA) is 42.2 Å². The highest BCUT2D eigenvalue weighted by Crippen LogP contribution is 2.31. The number of hydrogen-bond donors (Lipinski definition) is 1. The Morgan fingerprint density at radius 2 is 2.13 bits per heavy atom. The standard InChI is InChI=1S/C12H17NO2/c1-9-7-11(13(15)12(14)8-9)10-5-3-2-4-6-10/h7-8,10,15H,2-6H2,1H3/i7D. The molecule has 1 aliphatic carbocycles. The summed E-state index contributed by atoms with van der Waals surface area (Å²) in [7, 11) is 0. The lowest BCUT2D eigenvalue weighted by atomic mass is 9.86. The predicted molar refractivity (Wildman–Crippen MR) is 58.4 cm³/mol. The molecule has 0 radical (unpaired) electrons. The number of hydrogen-bond acceptors (Lipinski definition) is 2. The van der Waals surface area contributed by atoms with Crippen molar-refractivity contribution >= 4 is 0 Å². The van der Waals surface area contributed by atoms with Crippen molar-refractivity contribution in [2.75, 3.05) is 0 Å². The Labute approximate surface area is 90.7 Å². The minimum absolute atomic E-state index is 0.166. The van der Waals surface area contributed by atoms with Gasteiger partial charge in [0.05, 0.1) is 7.06 Å². The first kappa shape index (κ1) is 9.01. The summed E-state index contributed by atoms with van der Waals surface area (Å²) in [6, 6.07) is 1.63. The molecule has 3 heteroatoms. The monoisotopic (exact) mass is 208 g/mol. The maximum Gasteiger partial charge on any atom is 0.283 e. The number of aryl methyl sites for hydroxylation is 1. The van der Waals surface area contributed by atoms with Gasteiger partial charge in [-0.25, -0.2) is 0 Å². The van der Waals surface area contributed by atoms with Gasteiger partial charge in [-0.1, -0.05) is 19.3 Å². The molecule has 0 spiro atoms. The Bertz CT molecular complexity index is 447. The average molecular weight is 208 g/mol. The molecule has 1 fully saturated rings. The van der Waals surface area contributed by atoms with Crippen LogP contribution in [0.2, 0.25) is 0 Å². The molecule has 0 atom stereocenters. The Morgan fingerprint density at radius 1 is 1.47 bits per heavy atom. The van der Waals surface area contributed by atoms with E-state index in [1.54, 1.807) is 6.92 Å². The van der Waals surface area contributed by atoms with Gasteiger partial charge in [-0.05, 0) is 31.4 Å². The summed E-state index contributed by atoms with van der Waals surface area (Å²) in [5, 5.41) is 9.74. The van der Waals surface area contributed by atoms with Gasteiger partial charge >= 0.3 is 0 Å². The number of aromatic nitrogens is 1. The van der Waals surface area contributed by atoms with E-state index in [-0.39, 0.29) is 5.92 Å². The Morgan fingerprint density at radius 3 is 2.80 bits per heavy atom. The van der Waals surface area contributed by atoms with Crippen molar-refractivity contribution in [3.63, 3.8) is 0 Å². The van der Waals surface area contributed by atoms with Crippen molar-refractivity contribution in [1.82, 2.24) is 4.73 Å². The zero-order chi connectivity index (χ0) is 11.7. The van der Waals surface area contributed by atoms with E-state index in [4.69, 9.17) is 1.37 Å². The minimum Gasteiger partial charge on any atom is -0.425 e. The molecule has 1 aromatic rings. The van der Waals surface area contributed by atoms with Gasteiger partial charge in [0, 0.05) is 12.0 Å². The van der Waals surface area contributed by atoms with Crippen LogP contribution in [0.1, 0.15) is 50.7 Å². The molecule has 1 aromatic heterocycles. The molecule has 0 saturated heterocycles. The summed E-state index contributed by atoms with van der Waals surface area (Å²) in [6.45, 7) is 1.75. The number of rotatable bonds is 1. The van der Waals surface area contributed by atoms with Crippen LogP contribution in [-0.2, 0) is 0 Å². The third kappa shape index (κ3) is 2.06. The fraction of sp³-hybridized carbons (Fsp3) is 0.583. The van der Waals surface area contributed by atoms with Crippen LogP contribution in [-0.4, -0.2) is 9.94 Å². The number of pyridine rings is 1. The lowest BCUT2D eigenvalue weighted by molar-refractivity contribution is 0.156. The second kappa shape index (κ2) is 4.09. The molecule has 0 aromatic carbocycles. The van der Waals surface area contributed by atoms with Gasteiger partial charge in [0.15, 0.2) is 0 Å². The second-order valence-corrected chi connectivity index (χ2v) is 4.32. The largest absolute Gasteiger partial charge is 0.425 e. The Balaban J connectivity index is 2.49. The maximum absolute atomic E-state index is 11.5. The molecular formula is C12H17NO2. The molecule has 3 nitrogen and oxygen atoms in total. The molecule has 0 bridgehead atoms. The smallest absolute Gasteiger partial charge is 0.283 e. The van der Waals surface area contributed by atoms with E-state index in [1.165, 1.54) is 12.5 Å². The van der Waals surface area contributed by atoms with E-state index in [9.17, 15) is 10.0 Å². The molecule has 0 aliphatic heterocycles. The van der Waals surface area contributed by atoms with Crippen LogP contribution in [0.4, 0.5) is 0 Å². The van der Waals surface area contributed by atoms with E-state index < -0.39 is 5.56 Å². The Hall–Kier alpha value is -1.25. The van der Waals surface area contributed by atoms with Crippen LogP contribution in [0.15, 0.2) is 16.9 Å². The first-order valence-electron chi connectivity index (χ1n) is 6.03. The molecular weight excluding hydrogens is 190 g/mol. The van der Waals surface area contributed by atoms with Gasteiger partial charge in [-0.3, -0.25) is 4.79 Å². The van der Waals surface area contributed by atoms with E-state index in [1.807, 2.05) is 0 Å². The second-order valence-electron chi connectivity index (χ2n) is 4.32. The van der Waals surface area contributed by atoms with Crippen molar-refractivity contribution in [3.05, 3.63) is 33.7 Å². The molecule has 0 unspecified atom stereocenters. The molecule has 1 heterocycles. The maximum atomic E-state index is 11.5. The summed E-state index contributed by atoms with van der Waals surface area (Å²) in [4.78, 5) is 11.5. The van der Waals surface area contributed by atoms with Gasteiger partial charge < -0.3 is 5.21 Å². The average Bonchev–Trinajstić information content (AvgIpc) is 2.28. The van der Waals surface area contributed by atoms with Gasteiger partial charge in [0.25, 0.3) is 5.56 Å². The van der Waals surface area contributed by atoms with Crippen molar-refractivity contribution in [2.24, 2.45) is 0 Å². The fourth-order valence-electron chi connectivity index (χ4n) is 2.31. The quantitative estimate of drug-likeness (QED) is 0.720. The first-order chi connectivity index (χ1) is 7.61. The molecule has 1 saturated carbocycles. The van der Waals surface area contributed by atoms with Crippen LogP contribution in [0.5, 0.6) is 0 Å². The zero-order valence-corrected chi connectivity index (χ0v) is 8.99. The van der Waals surface area contributed by atoms with Crippen molar-refractivity contribution in [3.8, 4) is 0 Å². The summed E-state index contributed by atoms with van der Waals surface area (Å²) >= 11 is 0. The summed E-state index contributed by atoms with van der Waals surface area (Å²) < 4.78 is 8.62. The van der Waals surface area contributed by atoms with Gasteiger partial charge in [0.1, 0.15) is 0 Å². The minimum atomic E-state index is -0.422. The van der Waals surface area contributed by atoms with Crippen LogP contribution < -0.4 is 5.56 Å². The first-order valence-corrected chi connectivity index (χ1v) is 5.53. The summed E-state index contributed by atoms with van der Waals surface area (Å²) in [6.07, 6.45) is 5.38. The molecule has 1 aliphatic rings. The summed E-state index contributed by atoms with van der Waals surface area (Å²) in [5.41, 5.74) is 0.731. The highest BCUT2D eigenvalue weighted by molar-refractivity contribution is 5.19. The molecule has 2 rings (SSSR count). The van der Waals surface area contributed by atoms with E-state index in [2.05, 4.69) is 0 Å². The molecule has 15 heavy (non-hydrogen) atoms. The highest BCUT2D eigenvalue weighted by atomic mass is 16.5. The van der Waals surface area contributed by atoms with Crippen molar-refractivity contribution < 1.29 is 6.58 Å². The summed E-state index contributed by atoms with van der Waals surface area (Å²) in [5.74, 6) is 0.166. The molecule has 82 valence electrons. The lowest BCUT2D eigenvalue weighted by Gasteiger charge is -2.22. The third-order valence-electron chi connectivity index (χ3n) is 3.09. The van der Waals surface area contributed by atoms with Gasteiger partial charge in [-0.2, -0.15) is 4.73 Å². The SMILES string of the molecule is [2H]c1c(C)cc(=O)n(O)c1C1CCCCC1. The fourth-order valence-corrected chi connectivity index (χ4v) is 2.31. The highest BCUT2D eigenvalue weighted by Gasteiger charge is 2.19. The zero-order valence-electron chi connectivity index (χ0n) is 9.99. The van der Waals surface area contributed by atoms with Gasteiger partial charge in [0.2, 0.25) is 0 Å². The lowest BCUT2D eigenvalue weighted by Crippen LogP contribution is -2.23. The van der Waals surface area contributed by atoms with Crippen LogP contribution in [0.25, 0.3) is 0 Å². The Kier molecular flexibility index (Phi) is 2.46. The van der Waals surface area contributed by atoms with E-state index in [0.29, 0.717) is 22.0 Å². The normalized spacial score (nSPS) is 18.9. The van der Waals surface area contributed by atoms with Crippen LogP contribution in [0, 0.1) is 6.92 Å². The number of nitrogens with zero attached hydrogens (tertiary/aromatic N) is 1. The van der Waals surface area contributed by atoms with E-state index in [0.717, 1.165) is 25.7 Å². The predicted octanol–water partition coefficient (Wildman–Crippen LogP) is 2.44. The van der Waals surface area contributed by atoms with E-state index >= 15 is 0 Å². The van der Waals surface area contributed by atoms with Crippen molar-refractivity contribution in [1.29, 1.82) is 0 Å². The van der Waals surface area contributed by atoms with Crippen LogP contribution >= 0.6 is 0 Å². The molecule has 0 amide bonds. The molecule has 1 N–H and O–H groups in total. The van der Waals surface area contributed by atoms with Gasteiger partial charge in [-0.15, -0.1) is 0 Å². The third-order valence-corrected chi connectivity index (χ3v) is 3.09. The van der Waals surface area contributed by atoms with Crippen molar-refractivity contribution in [2.45, 2.75) is 44.9 Å².